The Morgan fingerprint density at radius 2 is 1.89 bits per heavy atom. The fourth-order valence-corrected chi connectivity index (χ4v) is 2.66. The van der Waals surface area contributed by atoms with Gasteiger partial charge in [-0.3, -0.25) is 9.59 Å². The van der Waals surface area contributed by atoms with Crippen LogP contribution in [-0.4, -0.2) is 41.7 Å². The Morgan fingerprint density at radius 1 is 1.11 bits per heavy atom. The standard InChI is InChI=1S/C20H21N3O4/c1-26-16-8-6-15(7-9-16)10-11-21-19(24)13-27-20(25)12-23-14-22-17-4-2-3-5-18(17)23/h2-9,14H,10-13H2,1H3,(H,21,24). The predicted molar refractivity (Wildman–Crippen MR) is 100 cm³/mol. The molecule has 1 N–H and O–H groups in total. The van der Waals surface area contributed by atoms with Gasteiger partial charge in [-0.2, -0.15) is 0 Å². The Morgan fingerprint density at radius 3 is 2.67 bits per heavy atom. The number of esters is 1. The normalized spacial score (nSPS) is 10.6. The Balaban J connectivity index is 1.38. The number of rotatable bonds is 8. The molecule has 0 saturated heterocycles. The summed E-state index contributed by atoms with van der Waals surface area (Å²) in [6.45, 7) is 0.183. The van der Waals surface area contributed by atoms with E-state index in [2.05, 4.69) is 10.3 Å². The third-order valence-corrected chi connectivity index (χ3v) is 4.09. The summed E-state index contributed by atoms with van der Waals surface area (Å²) in [5.74, 6) is -0.0174. The molecule has 7 nitrogen and oxygen atoms in total. The van der Waals surface area contributed by atoms with Crippen LogP contribution in [0.4, 0.5) is 0 Å². The number of hydrogen-bond donors (Lipinski definition) is 1. The molecule has 0 bridgehead atoms. The largest absolute Gasteiger partial charge is 0.497 e. The molecule has 2 aromatic carbocycles. The summed E-state index contributed by atoms with van der Waals surface area (Å²) in [6, 6.07) is 15.1. The maximum Gasteiger partial charge on any atom is 0.326 e. The van der Waals surface area contributed by atoms with Crippen molar-refractivity contribution in [2.45, 2.75) is 13.0 Å². The van der Waals surface area contributed by atoms with E-state index in [1.807, 2.05) is 48.5 Å². The summed E-state index contributed by atoms with van der Waals surface area (Å²) in [5, 5.41) is 2.74. The molecule has 0 aliphatic carbocycles. The monoisotopic (exact) mass is 367 g/mol. The van der Waals surface area contributed by atoms with E-state index in [0.717, 1.165) is 22.3 Å². The number of fused-ring (bicyclic) bond motifs is 1. The van der Waals surface area contributed by atoms with Crippen LogP contribution < -0.4 is 10.1 Å². The smallest absolute Gasteiger partial charge is 0.326 e. The number of para-hydroxylation sites is 2. The van der Waals surface area contributed by atoms with Gasteiger partial charge in [0.25, 0.3) is 5.91 Å². The first-order valence-corrected chi connectivity index (χ1v) is 8.61. The zero-order valence-corrected chi connectivity index (χ0v) is 15.1. The molecule has 3 aromatic rings. The highest BCUT2D eigenvalue weighted by atomic mass is 16.5. The van der Waals surface area contributed by atoms with Gasteiger partial charge in [0.05, 0.1) is 24.5 Å². The highest BCUT2D eigenvalue weighted by Gasteiger charge is 2.10. The third kappa shape index (κ3) is 5.07. The van der Waals surface area contributed by atoms with Gasteiger partial charge in [-0.05, 0) is 36.2 Å². The number of nitrogens with one attached hydrogen (secondary N) is 1. The Hall–Kier alpha value is -3.35. The number of methoxy groups -OCH3 is 1. The SMILES string of the molecule is COc1ccc(CCNC(=O)COC(=O)Cn2cnc3ccccc32)cc1. The van der Waals surface area contributed by atoms with E-state index in [0.29, 0.717) is 13.0 Å². The van der Waals surface area contributed by atoms with E-state index in [1.54, 1.807) is 18.0 Å². The number of amides is 1. The highest BCUT2D eigenvalue weighted by Crippen LogP contribution is 2.12. The van der Waals surface area contributed by atoms with Crippen molar-refractivity contribution in [3.63, 3.8) is 0 Å². The van der Waals surface area contributed by atoms with Crippen molar-refractivity contribution in [1.29, 1.82) is 0 Å². The molecule has 1 aromatic heterocycles. The summed E-state index contributed by atoms with van der Waals surface area (Å²) in [5.41, 5.74) is 2.74. The highest BCUT2D eigenvalue weighted by molar-refractivity contribution is 5.81. The minimum Gasteiger partial charge on any atom is -0.497 e. The predicted octanol–water partition coefficient (Wildman–Crippen LogP) is 1.95. The van der Waals surface area contributed by atoms with Crippen molar-refractivity contribution in [1.82, 2.24) is 14.9 Å². The van der Waals surface area contributed by atoms with Crippen LogP contribution in [0, 0.1) is 0 Å². The van der Waals surface area contributed by atoms with E-state index < -0.39 is 5.97 Å². The molecule has 0 radical (unpaired) electrons. The van der Waals surface area contributed by atoms with Gasteiger partial charge in [0.1, 0.15) is 12.3 Å². The number of ether oxygens (including phenoxy) is 2. The van der Waals surface area contributed by atoms with Gasteiger partial charge in [-0.1, -0.05) is 24.3 Å². The van der Waals surface area contributed by atoms with Crippen LogP contribution in [0.1, 0.15) is 5.56 Å². The first kappa shape index (κ1) is 18.4. The topological polar surface area (TPSA) is 82.5 Å². The second-order valence-corrected chi connectivity index (χ2v) is 5.97. The van der Waals surface area contributed by atoms with Crippen LogP contribution in [0.5, 0.6) is 5.75 Å². The van der Waals surface area contributed by atoms with Crippen LogP contribution in [0.15, 0.2) is 54.9 Å². The molecule has 1 amide bonds. The summed E-state index contributed by atoms with van der Waals surface area (Å²) < 4.78 is 11.8. The second kappa shape index (κ2) is 8.84. The lowest BCUT2D eigenvalue weighted by Gasteiger charge is -2.08. The van der Waals surface area contributed by atoms with Crippen molar-refractivity contribution in [3.8, 4) is 5.75 Å². The molecule has 0 atom stereocenters. The Labute approximate surface area is 156 Å². The van der Waals surface area contributed by atoms with E-state index in [4.69, 9.17) is 9.47 Å². The molecular weight excluding hydrogens is 346 g/mol. The zero-order valence-electron chi connectivity index (χ0n) is 15.1. The zero-order chi connectivity index (χ0) is 19.1. The fourth-order valence-electron chi connectivity index (χ4n) is 2.66. The molecule has 0 aliphatic heterocycles. The van der Waals surface area contributed by atoms with E-state index >= 15 is 0 Å². The number of carbonyl (C=O) groups excluding carboxylic acids is 2. The quantitative estimate of drug-likeness (QED) is 0.616. The summed E-state index contributed by atoms with van der Waals surface area (Å²) in [7, 11) is 1.62. The van der Waals surface area contributed by atoms with Gasteiger partial charge in [-0.15, -0.1) is 0 Å². The minimum atomic E-state index is -0.483. The lowest BCUT2D eigenvalue weighted by Crippen LogP contribution is -2.31. The number of nitrogens with zero attached hydrogens (tertiary/aromatic N) is 2. The average molecular weight is 367 g/mol. The van der Waals surface area contributed by atoms with Gasteiger partial charge >= 0.3 is 5.97 Å². The number of benzene rings is 2. The summed E-state index contributed by atoms with van der Waals surface area (Å²) >= 11 is 0. The van der Waals surface area contributed by atoms with E-state index in [9.17, 15) is 9.59 Å². The first-order valence-electron chi connectivity index (χ1n) is 8.61. The van der Waals surface area contributed by atoms with Gasteiger partial charge in [0.2, 0.25) is 0 Å². The van der Waals surface area contributed by atoms with Gasteiger partial charge < -0.3 is 19.4 Å². The minimum absolute atomic E-state index is 0.0135. The average Bonchev–Trinajstić information content (AvgIpc) is 3.10. The Kier molecular flexibility index (Phi) is 6.04. The lowest BCUT2D eigenvalue weighted by atomic mass is 10.1. The number of imidazole rings is 1. The molecule has 1 heterocycles. The van der Waals surface area contributed by atoms with Gasteiger partial charge in [-0.25, -0.2) is 4.98 Å². The molecule has 140 valence electrons. The summed E-state index contributed by atoms with van der Waals surface area (Å²) in [4.78, 5) is 28.0. The van der Waals surface area contributed by atoms with Gasteiger partial charge in [0, 0.05) is 6.54 Å². The first-order chi connectivity index (χ1) is 13.2. The van der Waals surface area contributed by atoms with E-state index in [1.165, 1.54) is 0 Å². The molecule has 27 heavy (non-hydrogen) atoms. The molecule has 0 aliphatic rings. The van der Waals surface area contributed by atoms with Crippen LogP contribution in [0.2, 0.25) is 0 Å². The van der Waals surface area contributed by atoms with Crippen LogP contribution in [-0.2, 0) is 27.3 Å². The Bertz CT molecular complexity index is 918. The number of hydrogen-bond acceptors (Lipinski definition) is 5. The molecule has 0 saturated carbocycles. The van der Waals surface area contributed by atoms with Crippen molar-refractivity contribution in [2.75, 3.05) is 20.3 Å². The maximum absolute atomic E-state index is 12.0. The van der Waals surface area contributed by atoms with E-state index in [-0.39, 0.29) is 19.1 Å². The number of carbonyl (C=O) groups is 2. The van der Waals surface area contributed by atoms with Crippen molar-refractivity contribution in [2.24, 2.45) is 0 Å². The number of aromatic nitrogens is 2. The molecule has 7 heteroatoms. The van der Waals surface area contributed by atoms with Crippen molar-refractivity contribution in [3.05, 3.63) is 60.4 Å². The summed E-state index contributed by atoms with van der Waals surface area (Å²) in [6.07, 6.45) is 2.27. The lowest BCUT2D eigenvalue weighted by molar-refractivity contribution is -0.149. The molecular formula is C20H21N3O4. The third-order valence-electron chi connectivity index (χ3n) is 4.09. The fraction of sp³-hybridized carbons (Fsp3) is 0.250. The molecule has 0 spiro atoms. The van der Waals surface area contributed by atoms with Crippen LogP contribution in [0.25, 0.3) is 11.0 Å². The molecule has 0 unspecified atom stereocenters. The van der Waals surface area contributed by atoms with Crippen molar-refractivity contribution >= 4 is 22.9 Å². The van der Waals surface area contributed by atoms with Crippen LogP contribution in [0.3, 0.4) is 0 Å². The molecule has 3 rings (SSSR count). The van der Waals surface area contributed by atoms with Gasteiger partial charge in [0.15, 0.2) is 6.61 Å². The molecule has 0 fully saturated rings. The van der Waals surface area contributed by atoms with Crippen molar-refractivity contribution < 1.29 is 19.1 Å². The maximum atomic E-state index is 12.0. The second-order valence-electron chi connectivity index (χ2n) is 5.97. The van der Waals surface area contributed by atoms with Crippen LogP contribution >= 0.6 is 0 Å².